The minimum absolute atomic E-state index is 0.0306. The molecule has 0 bridgehead atoms. The van der Waals surface area contributed by atoms with Crippen molar-refractivity contribution < 1.29 is 0 Å². The van der Waals surface area contributed by atoms with E-state index in [-0.39, 0.29) is 24.4 Å². The molecule has 0 saturated heterocycles. The van der Waals surface area contributed by atoms with Crippen molar-refractivity contribution in [2.45, 2.75) is 84.7 Å². The highest BCUT2D eigenvalue weighted by atomic mass is 15.3. The molecule has 1 heterocycles. The molecule has 4 N–H and O–H groups in total. The van der Waals surface area contributed by atoms with Crippen LogP contribution in [0.2, 0.25) is 0 Å². The van der Waals surface area contributed by atoms with Crippen LogP contribution < -0.4 is 16.4 Å². The van der Waals surface area contributed by atoms with E-state index in [2.05, 4.69) is 213 Å². The predicted molar refractivity (Wildman–Crippen MR) is 260 cm³/mol. The smallest absolute Gasteiger partial charge is 0.106 e. The van der Waals surface area contributed by atoms with Crippen molar-refractivity contribution in [3.05, 3.63) is 209 Å². The zero-order valence-electron chi connectivity index (χ0n) is 36.3. The molecule has 0 saturated carbocycles. The van der Waals surface area contributed by atoms with Gasteiger partial charge in [0.25, 0.3) is 0 Å². The van der Waals surface area contributed by atoms with E-state index in [1.54, 1.807) is 0 Å². The molecule has 60 heavy (non-hydrogen) atoms. The Kier molecular flexibility index (Phi) is 14.1. The lowest BCUT2D eigenvalue weighted by molar-refractivity contribution is 0.195. The largest absolute Gasteiger partial charge is 0.365 e. The van der Waals surface area contributed by atoms with Gasteiger partial charge in [-0.15, -0.1) is 0 Å². The van der Waals surface area contributed by atoms with Crippen LogP contribution >= 0.6 is 0 Å². The second-order valence-corrected chi connectivity index (χ2v) is 15.8. The normalized spacial score (nSPS) is 20.7. The summed E-state index contributed by atoms with van der Waals surface area (Å²) in [6.07, 6.45) is 28.7. The van der Waals surface area contributed by atoms with Gasteiger partial charge in [-0.3, -0.25) is 10.2 Å². The summed E-state index contributed by atoms with van der Waals surface area (Å²) in [5.74, 6) is 0. The number of fused-ring (bicyclic) bond motifs is 4. The molecule has 4 aliphatic rings. The van der Waals surface area contributed by atoms with E-state index in [1.807, 2.05) is 13.8 Å². The fourth-order valence-electron chi connectivity index (χ4n) is 8.64. The van der Waals surface area contributed by atoms with Crippen LogP contribution in [0.3, 0.4) is 0 Å². The van der Waals surface area contributed by atoms with Gasteiger partial charge in [-0.2, -0.15) is 0 Å². The van der Waals surface area contributed by atoms with E-state index < -0.39 is 0 Å². The minimum Gasteiger partial charge on any atom is -0.365 e. The summed E-state index contributed by atoms with van der Waals surface area (Å²) in [4.78, 5) is 2.44. The molecular formula is C56H62N4. The summed E-state index contributed by atoms with van der Waals surface area (Å²) in [6, 6.07) is 37.7. The van der Waals surface area contributed by atoms with Crippen molar-refractivity contribution in [3.63, 3.8) is 0 Å². The Bertz CT molecular complexity index is 2540. The van der Waals surface area contributed by atoms with Crippen LogP contribution in [0, 0.1) is 0 Å². The molecule has 4 atom stereocenters. The molecular weight excluding hydrogens is 729 g/mol. The van der Waals surface area contributed by atoms with E-state index in [4.69, 9.17) is 5.73 Å². The molecule has 0 fully saturated rings. The zero-order valence-corrected chi connectivity index (χ0v) is 36.3. The molecule has 3 aliphatic carbocycles. The van der Waals surface area contributed by atoms with E-state index in [1.165, 1.54) is 84.6 Å². The second kappa shape index (κ2) is 20.0. The van der Waals surface area contributed by atoms with Crippen molar-refractivity contribution in [3.8, 4) is 0 Å². The molecule has 4 heteroatoms. The van der Waals surface area contributed by atoms with Gasteiger partial charge < -0.3 is 11.1 Å². The summed E-state index contributed by atoms with van der Waals surface area (Å²) >= 11 is 0. The molecule has 0 radical (unpaired) electrons. The summed E-state index contributed by atoms with van der Waals surface area (Å²) in [5, 5.41) is 12.6. The molecule has 0 amide bonds. The van der Waals surface area contributed by atoms with E-state index in [0.29, 0.717) is 0 Å². The average molecular weight is 791 g/mol. The van der Waals surface area contributed by atoms with Crippen LogP contribution in [0.5, 0.6) is 0 Å². The number of benzene rings is 5. The van der Waals surface area contributed by atoms with Gasteiger partial charge in [0.15, 0.2) is 0 Å². The maximum atomic E-state index is 7.03. The van der Waals surface area contributed by atoms with Gasteiger partial charge in [-0.25, -0.2) is 0 Å². The third-order valence-electron chi connectivity index (χ3n) is 12.1. The molecule has 9 rings (SSSR count). The monoisotopic (exact) mass is 790 g/mol. The standard InChI is InChI=1S/C50H46N4.C4H10.C2H6/c1-33(40-20-10-12-25-46(40)52-49(51)45-32-38-17-6-7-21-41(38)42-22-8-9-23-43(42)45)34-27-29-36(30-28-34)48-44-24-11-13-26-47(44)54(2)50(53-48)39-19-14-18-37(31-39)35-15-4-3-5-16-35;1-3-4-2;1-2/h3-4,6-15,17-32,46-47,49-50,52-53H,5,16,51H2,1-2H3;3-4H2,1-2H3;1-2H3/b40-33+;;. The lowest BCUT2D eigenvalue weighted by atomic mass is 9.89. The number of hydrogen-bond acceptors (Lipinski definition) is 4. The van der Waals surface area contributed by atoms with Gasteiger partial charge in [0, 0.05) is 5.70 Å². The number of unbranched alkanes of at least 4 members (excludes halogenated alkanes) is 1. The Balaban J connectivity index is 0.000000858. The Hall–Kier alpha value is -5.78. The van der Waals surface area contributed by atoms with Crippen LogP contribution in [-0.4, -0.2) is 24.0 Å². The number of likely N-dealkylation sites (N-methyl/N-ethyl adjacent to an activating group) is 1. The van der Waals surface area contributed by atoms with Crippen molar-refractivity contribution >= 4 is 38.4 Å². The summed E-state index contributed by atoms with van der Waals surface area (Å²) in [5.41, 5.74) is 19.4. The quantitative estimate of drug-likeness (QED) is 0.108. The summed E-state index contributed by atoms with van der Waals surface area (Å²) in [7, 11) is 2.22. The van der Waals surface area contributed by atoms with E-state index >= 15 is 0 Å². The lowest BCUT2D eigenvalue weighted by Gasteiger charge is -2.42. The van der Waals surface area contributed by atoms with Crippen LogP contribution in [0.1, 0.15) is 100 Å². The number of allylic oxidation sites excluding steroid dienone is 9. The average Bonchev–Trinajstić information content (AvgIpc) is 3.32. The third-order valence-corrected chi connectivity index (χ3v) is 12.1. The highest BCUT2D eigenvalue weighted by molar-refractivity contribution is 6.09. The fraction of sp³-hybridized carbons (Fsp3) is 0.250. The third kappa shape index (κ3) is 9.02. The number of hydrogen-bond donors (Lipinski definition) is 3. The topological polar surface area (TPSA) is 53.3 Å². The van der Waals surface area contributed by atoms with Gasteiger partial charge in [-0.1, -0.05) is 198 Å². The first-order valence-corrected chi connectivity index (χ1v) is 22.1. The van der Waals surface area contributed by atoms with Gasteiger partial charge in [-0.05, 0) is 111 Å². The maximum Gasteiger partial charge on any atom is 0.106 e. The van der Waals surface area contributed by atoms with Crippen molar-refractivity contribution in [2.24, 2.45) is 5.73 Å². The van der Waals surface area contributed by atoms with Crippen molar-refractivity contribution in [2.75, 3.05) is 7.05 Å². The Labute approximate surface area is 359 Å². The van der Waals surface area contributed by atoms with Crippen molar-refractivity contribution in [1.82, 2.24) is 15.5 Å². The first kappa shape index (κ1) is 42.3. The Morgan fingerprint density at radius 3 is 2.23 bits per heavy atom. The molecule has 5 aromatic carbocycles. The molecule has 1 aliphatic heterocycles. The van der Waals surface area contributed by atoms with Gasteiger partial charge in [0.05, 0.1) is 18.2 Å². The summed E-state index contributed by atoms with van der Waals surface area (Å²) < 4.78 is 0. The first-order chi connectivity index (χ1) is 29.4. The molecule has 4 unspecified atom stereocenters. The minimum atomic E-state index is -0.356. The van der Waals surface area contributed by atoms with Crippen molar-refractivity contribution in [1.29, 1.82) is 0 Å². The van der Waals surface area contributed by atoms with Gasteiger partial charge >= 0.3 is 0 Å². The molecule has 5 aromatic rings. The van der Waals surface area contributed by atoms with E-state index in [9.17, 15) is 0 Å². The Morgan fingerprint density at radius 2 is 1.48 bits per heavy atom. The first-order valence-electron chi connectivity index (χ1n) is 22.1. The SMILES string of the molecule is C/C(=C1/C=CC=CC1NC(N)c1cc2ccccc2c2ccccc12)c1ccc(C2=C3C=CC=CC3N(C)C(c3cccc(C4=CC=CCC4)c3)N2)cc1.CC.CCCC. The van der Waals surface area contributed by atoms with E-state index in [0.717, 1.165) is 18.4 Å². The number of nitrogens with two attached hydrogens (primary N) is 1. The summed E-state index contributed by atoms with van der Waals surface area (Å²) in [6.45, 7) is 10.6. The predicted octanol–water partition coefficient (Wildman–Crippen LogP) is 13.5. The number of rotatable bonds is 8. The number of nitrogens with one attached hydrogen (secondary N) is 2. The highest BCUT2D eigenvalue weighted by Gasteiger charge is 2.33. The molecule has 4 nitrogen and oxygen atoms in total. The van der Waals surface area contributed by atoms with Crippen LogP contribution in [0.4, 0.5) is 0 Å². The van der Waals surface area contributed by atoms with Crippen LogP contribution in [0.15, 0.2) is 181 Å². The van der Waals surface area contributed by atoms with Crippen LogP contribution in [0.25, 0.3) is 38.4 Å². The Morgan fingerprint density at radius 1 is 0.767 bits per heavy atom. The fourth-order valence-corrected chi connectivity index (χ4v) is 8.64. The number of nitrogens with zero attached hydrogens (tertiary/aromatic N) is 1. The second-order valence-electron chi connectivity index (χ2n) is 15.8. The molecule has 306 valence electrons. The molecule has 0 spiro atoms. The van der Waals surface area contributed by atoms with Gasteiger partial charge in [0.1, 0.15) is 6.17 Å². The maximum absolute atomic E-state index is 7.03. The highest BCUT2D eigenvalue weighted by Crippen LogP contribution is 2.38. The zero-order chi connectivity index (χ0) is 42.0. The van der Waals surface area contributed by atoms with Gasteiger partial charge in [0.2, 0.25) is 0 Å². The lowest BCUT2D eigenvalue weighted by Crippen LogP contribution is -2.47. The van der Waals surface area contributed by atoms with Crippen LogP contribution in [-0.2, 0) is 0 Å². The molecule has 0 aromatic heterocycles.